The Hall–Kier alpha value is -1.99. The molecular weight excluding hydrogens is 330 g/mol. The lowest BCUT2D eigenvalue weighted by Gasteiger charge is -2.25. The van der Waals surface area contributed by atoms with Gasteiger partial charge in [0.15, 0.2) is 11.3 Å². The van der Waals surface area contributed by atoms with Crippen molar-refractivity contribution in [2.24, 2.45) is 5.92 Å². The molecule has 2 fully saturated rings. The third-order valence-electron chi connectivity index (χ3n) is 6.03. The highest BCUT2D eigenvalue weighted by Crippen LogP contribution is 2.43. The summed E-state index contributed by atoms with van der Waals surface area (Å²) in [4.78, 5) is 7.61. The predicted molar refractivity (Wildman–Crippen MR) is 97.1 cm³/mol. The second-order valence-electron chi connectivity index (χ2n) is 7.54. The molecule has 1 N–H and O–H groups in total. The summed E-state index contributed by atoms with van der Waals surface area (Å²) in [6.45, 7) is 3.92. The van der Waals surface area contributed by atoms with Gasteiger partial charge in [0.1, 0.15) is 5.82 Å². The quantitative estimate of drug-likeness (QED) is 0.778. The smallest absolute Gasteiger partial charge is 0.179 e. The van der Waals surface area contributed by atoms with E-state index >= 15 is 0 Å². The summed E-state index contributed by atoms with van der Waals surface area (Å²) in [7, 11) is 0. The highest BCUT2D eigenvalue weighted by Gasteiger charge is 2.38. The van der Waals surface area contributed by atoms with Crippen LogP contribution >= 0.6 is 0 Å². The predicted octanol–water partition coefficient (Wildman–Crippen LogP) is 3.07. The number of ether oxygens (including phenoxy) is 2. The largest absolute Gasteiger partial charge is 0.381 e. The van der Waals surface area contributed by atoms with Gasteiger partial charge in [-0.3, -0.25) is 4.40 Å². The van der Waals surface area contributed by atoms with E-state index in [0.29, 0.717) is 24.0 Å². The van der Waals surface area contributed by atoms with Gasteiger partial charge < -0.3 is 14.5 Å². The number of nitrogens with one attached hydrogen (secondary N) is 1. The number of fused-ring (bicyclic) bond motifs is 3. The van der Waals surface area contributed by atoms with Crippen LogP contribution in [0.25, 0.3) is 16.8 Å². The van der Waals surface area contributed by atoms with Gasteiger partial charge >= 0.3 is 0 Å². The van der Waals surface area contributed by atoms with Crippen molar-refractivity contribution in [3.05, 3.63) is 24.3 Å². The molecule has 0 bridgehead atoms. The Morgan fingerprint density at radius 3 is 2.96 bits per heavy atom. The highest BCUT2D eigenvalue weighted by atomic mass is 16.5. The maximum Gasteiger partial charge on any atom is 0.179 e. The van der Waals surface area contributed by atoms with Crippen LogP contribution in [-0.2, 0) is 9.47 Å². The molecule has 3 atom stereocenters. The van der Waals surface area contributed by atoms with Crippen LogP contribution in [0.5, 0.6) is 0 Å². The average molecular weight is 355 g/mol. The Bertz CT molecular complexity index is 898. The fourth-order valence-corrected chi connectivity index (χ4v) is 4.67. The normalized spacial score (nSPS) is 27.7. The van der Waals surface area contributed by atoms with Crippen molar-refractivity contribution in [3.63, 3.8) is 0 Å². The van der Waals surface area contributed by atoms with E-state index in [1.165, 1.54) is 0 Å². The fourth-order valence-electron chi connectivity index (χ4n) is 4.67. The Kier molecular flexibility index (Phi) is 4.13. The molecule has 1 aliphatic carbocycles. The Morgan fingerprint density at radius 1 is 1.23 bits per heavy atom. The van der Waals surface area contributed by atoms with Gasteiger partial charge in [0, 0.05) is 25.3 Å². The van der Waals surface area contributed by atoms with E-state index in [2.05, 4.69) is 31.5 Å². The molecule has 0 spiro atoms. The molecule has 7 heteroatoms. The molecule has 2 aliphatic rings. The monoisotopic (exact) mass is 355 g/mol. The summed E-state index contributed by atoms with van der Waals surface area (Å²) >= 11 is 0. The van der Waals surface area contributed by atoms with Gasteiger partial charge in [0.25, 0.3) is 0 Å². The SMILES string of the molecule is CC[C@@H]1C[C@H](OC2CCOCC2)C[C@@H]1c1nnc2cnc3[nH]ccc3n12. The van der Waals surface area contributed by atoms with Crippen LogP contribution in [0.3, 0.4) is 0 Å². The molecule has 1 aliphatic heterocycles. The molecule has 5 rings (SSSR count). The highest BCUT2D eigenvalue weighted by molar-refractivity contribution is 5.74. The maximum atomic E-state index is 6.44. The van der Waals surface area contributed by atoms with Gasteiger partial charge in [0.2, 0.25) is 0 Å². The first-order valence-corrected chi connectivity index (χ1v) is 9.73. The number of rotatable bonds is 4. The molecule has 1 saturated heterocycles. The fraction of sp³-hybridized carbons (Fsp3) is 0.632. The van der Waals surface area contributed by atoms with Gasteiger partial charge in [-0.2, -0.15) is 0 Å². The van der Waals surface area contributed by atoms with Gasteiger partial charge in [-0.15, -0.1) is 10.2 Å². The molecule has 3 aromatic rings. The zero-order chi connectivity index (χ0) is 17.5. The van der Waals surface area contributed by atoms with Crippen LogP contribution < -0.4 is 0 Å². The minimum atomic E-state index is 0.309. The van der Waals surface area contributed by atoms with E-state index in [0.717, 1.165) is 68.0 Å². The van der Waals surface area contributed by atoms with Crippen molar-refractivity contribution in [2.75, 3.05) is 13.2 Å². The Morgan fingerprint density at radius 2 is 2.12 bits per heavy atom. The third-order valence-corrected chi connectivity index (χ3v) is 6.03. The van der Waals surface area contributed by atoms with Crippen molar-refractivity contribution >= 4 is 16.8 Å². The van der Waals surface area contributed by atoms with Crippen molar-refractivity contribution in [3.8, 4) is 0 Å². The van der Waals surface area contributed by atoms with E-state index in [1.807, 2.05) is 12.3 Å². The number of H-pyrrole nitrogens is 1. The van der Waals surface area contributed by atoms with E-state index in [1.54, 1.807) is 6.20 Å². The van der Waals surface area contributed by atoms with Crippen LogP contribution in [-0.4, -0.2) is 50.0 Å². The molecule has 0 aromatic carbocycles. The Balaban J connectivity index is 1.45. The van der Waals surface area contributed by atoms with Gasteiger partial charge in [-0.05, 0) is 37.7 Å². The van der Waals surface area contributed by atoms with Crippen molar-refractivity contribution in [1.82, 2.24) is 24.6 Å². The lowest BCUT2D eigenvalue weighted by atomic mass is 9.93. The number of nitrogens with zero attached hydrogens (tertiary/aromatic N) is 4. The molecule has 1 saturated carbocycles. The third kappa shape index (κ3) is 2.70. The lowest BCUT2D eigenvalue weighted by molar-refractivity contribution is -0.0668. The summed E-state index contributed by atoms with van der Waals surface area (Å²) in [5.41, 5.74) is 2.74. The van der Waals surface area contributed by atoms with Crippen LogP contribution in [0, 0.1) is 5.92 Å². The van der Waals surface area contributed by atoms with Gasteiger partial charge in [-0.1, -0.05) is 13.3 Å². The molecular formula is C19H25N5O2. The topological polar surface area (TPSA) is 77.3 Å². The van der Waals surface area contributed by atoms with Crippen LogP contribution in [0.15, 0.2) is 18.5 Å². The molecule has 0 amide bonds. The lowest BCUT2D eigenvalue weighted by Crippen LogP contribution is -2.27. The van der Waals surface area contributed by atoms with E-state index < -0.39 is 0 Å². The average Bonchev–Trinajstić information content (AvgIpc) is 3.39. The molecule has 4 heterocycles. The molecule has 3 aromatic heterocycles. The first-order chi connectivity index (χ1) is 12.8. The number of hydrogen-bond donors (Lipinski definition) is 1. The maximum absolute atomic E-state index is 6.44. The van der Waals surface area contributed by atoms with E-state index in [9.17, 15) is 0 Å². The van der Waals surface area contributed by atoms with Crippen LogP contribution in [0.4, 0.5) is 0 Å². The van der Waals surface area contributed by atoms with E-state index in [-0.39, 0.29) is 0 Å². The zero-order valence-electron chi connectivity index (χ0n) is 15.1. The Labute approximate surface area is 152 Å². The summed E-state index contributed by atoms with van der Waals surface area (Å²) in [5, 5.41) is 8.95. The van der Waals surface area contributed by atoms with E-state index in [4.69, 9.17) is 9.47 Å². The van der Waals surface area contributed by atoms with Crippen LogP contribution in [0.1, 0.15) is 50.8 Å². The van der Waals surface area contributed by atoms with Gasteiger partial charge in [0.05, 0.1) is 23.9 Å². The summed E-state index contributed by atoms with van der Waals surface area (Å²) in [6, 6.07) is 2.05. The zero-order valence-corrected chi connectivity index (χ0v) is 15.1. The van der Waals surface area contributed by atoms with Crippen molar-refractivity contribution < 1.29 is 9.47 Å². The molecule has 0 unspecified atom stereocenters. The molecule has 7 nitrogen and oxygen atoms in total. The van der Waals surface area contributed by atoms with Crippen molar-refractivity contribution in [1.29, 1.82) is 0 Å². The molecule has 0 radical (unpaired) electrons. The number of aromatic amines is 1. The van der Waals surface area contributed by atoms with Gasteiger partial charge in [-0.25, -0.2) is 4.98 Å². The second kappa shape index (κ2) is 6.63. The second-order valence-corrected chi connectivity index (χ2v) is 7.54. The number of aromatic nitrogens is 5. The summed E-state index contributed by atoms with van der Waals surface area (Å²) < 4.78 is 14.1. The van der Waals surface area contributed by atoms with Crippen LogP contribution in [0.2, 0.25) is 0 Å². The minimum Gasteiger partial charge on any atom is -0.381 e. The summed E-state index contributed by atoms with van der Waals surface area (Å²) in [6.07, 6.45) is 9.66. The first kappa shape index (κ1) is 16.2. The minimum absolute atomic E-state index is 0.309. The summed E-state index contributed by atoms with van der Waals surface area (Å²) in [5.74, 6) is 2.01. The van der Waals surface area contributed by atoms with Crippen molar-refractivity contribution in [2.45, 2.75) is 57.2 Å². The number of hydrogen-bond acceptors (Lipinski definition) is 5. The molecule has 138 valence electrons. The molecule has 26 heavy (non-hydrogen) atoms. The first-order valence-electron chi connectivity index (χ1n) is 9.73. The standard InChI is InChI=1S/C19H25N5O2/c1-2-12-9-14(26-13-4-7-25-8-5-13)10-15(12)19-23-22-17-11-21-18-16(24(17)19)3-6-20-18/h3,6,11-15,20H,2,4-5,7-10H2,1H3/t12-,14+,15+/m1/s1.